The maximum Gasteiger partial charge on any atom is 0.0319 e. The molecule has 0 fully saturated rings. The summed E-state index contributed by atoms with van der Waals surface area (Å²) in [5, 5.41) is 29.9. The maximum absolute atomic E-state index is 7.00. The van der Waals surface area contributed by atoms with Crippen LogP contribution in [0.1, 0.15) is 27.2 Å². The summed E-state index contributed by atoms with van der Waals surface area (Å²) >= 11 is 0. The minimum Gasteiger partial charge on any atom is -0.400 e. The monoisotopic (exact) mass is 491 g/mol. The third kappa shape index (κ3) is 279. The van der Waals surface area contributed by atoms with Gasteiger partial charge in [0.05, 0.1) is 0 Å². The van der Waals surface area contributed by atoms with Crippen molar-refractivity contribution in [2.45, 2.75) is 27.2 Å². The Balaban J connectivity index is -0.0000000266. The van der Waals surface area contributed by atoms with Crippen LogP contribution in [0.3, 0.4) is 0 Å². The first kappa shape index (κ1) is 57.8. The number of nitrogens with two attached hydrogens (primary N) is 3. The molecule has 200 valence electrons. The third-order valence-corrected chi connectivity index (χ3v) is 1.49. The molecular formula is C21H59N6O3Ti-5. The van der Waals surface area contributed by atoms with E-state index in [-0.39, 0.29) is 21.7 Å². The summed E-state index contributed by atoms with van der Waals surface area (Å²) in [6.45, 7) is 27.2. The molecule has 10 heteroatoms. The zero-order valence-corrected chi connectivity index (χ0v) is 23.1. The minimum atomic E-state index is 0. The van der Waals surface area contributed by atoms with Gasteiger partial charge < -0.3 is 82.6 Å². The zero-order chi connectivity index (χ0) is 25.9. The van der Waals surface area contributed by atoms with Gasteiger partial charge in [-0.25, -0.2) is 0 Å². The quantitative estimate of drug-likeness (QED) is 0.116. The fraction of sp³-hybridized carbons (Fsp3) is 0.762. The van der Waals surface area contributed by atoms with Gasteiger partial charge >= 0.3 is 0 Å². The van der Waals surface area contributed by atoms with Gasteiger partial charge in [-0.2, -0.15) is 20.3 Å². The molecular weight excluding hydrogens is 432 g/mol. The fourth-order valence-electron chi connectivity index (χ4n) is 0.681. The SMILES string of the molecule is CO.CO.CO.C[CH-]C.[CH2-]CC.[CH2-]CNCCN.[CH2-]CNCCN.[CH2-]CNCCN.[Ti]. The second kappa shape index (κ2) is 127. The summed E-state index contributed by atoms with van der Waals surface area (Å²) in [5.74, 6) is 0. The van der Waals surface area contributed by atoms with Crippen LogP contribution in [0.15, 0.2) is 0 Å². The molecule has 0 aliphatic rings. The molecule has 0 aromatic carbocycles. The van der Waals surface area contributed by atoms with E-state index >= 15 is 0 Å². The third-order valence-electron chi connectivity index (χ3n) is 1.49. The van der Waals surface area contributed by atoms with Crippen molar-refractivity contribution >= 4 is 0 Å². The summed E-state index contributed by atoms with van der Waals surface area (Å²) < 4.78 is 0. The Bertz CT molecular complexity index is 115. The first-order chi connectivity index (χ1) is 14.6. The number of aliphatic hydroxyl groups excluding tert-OH is 3. The van der Waals surface area contributed by atoms with E-state index in [1.807, 2.05) is 27.2 Å². The van der Waals surface area contributed by atoms with Crippen LogP contribution in [0.4, 0.5) is 0 Å². The summed E-state index contributed by atoms with van der Waals surface area (Å²) in [5.41, 5.74) is 15.4. The van der Waals surface area contributed by atoms with E-state index in [2.05, 4.69) is 43.6 Å². The topological polar surface area (TPSA) is 175 Å². The van der Waals surface area contributed by atoms with Crippen LogP contribution in [0.25, 0.3) is 0 Å². The Morgan fingerprint density at radius 3 is 0.774 bits per heavy atom. The second-order valence-electron chi connectivity index (χ2n) is 4.19. The van der Waals surface area contributed by atoms with Crippen LogP contribution in [0, 0.1) is 34.1 Å². The average molecular weight is 492 g/mol. The molecule has 0 saturated heterocycles. The second-order valence-corrected chi connectivity index (χ2v) is 4.19. The van der Waals surface area contributed by atoms with Gasteiger partial charge in [0.2, 0.25) is 0 Å². The van der Waals surface area contributed by atoms with Crippen LogP contribution < -0.4 is 33.2 Å². The van der Waals surface area contributed by atoms with E-state index in [9.17, 15) is 0 Å². The molecule has 9 nitrogen and oxygen atoms in total. The predicted octanol–water partition coefficient (Wildman–Crippen LogP) is -0.610. The van der Waals surface area contributed by atoms with E-state index in [0.29, 0.717) is 19.6 Å². The summed E-state index contributed by atoms with van der Waals surface area (Å²) in [6.07, 6.45) is 3.00. The smallest absolute Gasteiger partial charge is 0.0319 e. The predicted molar refractivity (Wildman–Crippen MR) is 138 cm³/mol. The van der Waals surface area contributed by atoms with E-state index in [4.69, 9.17) is 32.5 Å². The molecule has 0 bridgehead atoms. The van der Waals surface area contributed by atoms with Crippen LogP contribution in [-0.4, -0.2) is 95.6 Å². The first-order valence-electron chi connectivity index (χ1n) is 10.0. The Labute approximate surface area is 211 Å². The van der Waals surface area contributed by atoms with Gasteiger partial charge in [-0.1, -0.05) is 6.92 Å². The zero-order valence-electron chi connectivity index (χ0n) is 21.6. The molecule has 0 atom stereocenters. The molecule has 0 aliphatic heterocycles. The van der Waals surface area contributed by atoms with E-state index in [1.54, 1.807) is 0 Å². The fourth-order valence-corrected chi connectivity index (χ4v) is 0.681. The van der Waals surface area contributed by atoms with Gasteiger partial charge in [0.15, 0.2) is 0 Å². The molecule has 0 rings (SSSR count). The van der Waals surface area contributed by atoms with Gasteiger partial charge in [0.1, 0.15) is 0 Å². The van der Waals surface area contributed by atoms with Crippen molar-refractivity contribution < 1.29 is 37.0 Å². The van der Waals surface area contributed by atoms with Crippen LogP contribution >= 0.6 is 0 Å². The molecule has 0 saturated carbocycles. The number of nitrogens with one attached hydrogen (secondary N) is 3. The largest absolute Gasteiger partial charge is 0.400 e. The van der Waals surface area contributed by atoms with Crippen molar-refractivity contribution in [2.75, 3.05) is 80.2 Å². The van der Waals surface area contributed by atoms with Crippen molar-refractivity contribution in [3.8, 4) is 0 Å². The molecule has 0 aliphatic carbocycles. The van der Waals surface area contributed by atoms with Crippen LogP contribution in [0.5, 0.6) is 0 Å². The Morgan fingerprint density at radius 2 is 0.742 bits per heavy atom. The Morgan fingerprint density at radius 1 is 0.613 bits per heavy atom. The van der Waals surface area contributed by atoms with E-state index < -0.39 is 0 Å². The Kier molecular flexibility index (Phi) is 237. The normalized spacial score (nSPS) is 6.97. The summed E-state index contributed by atoms with van der Waals surface area (Å²) in [6, 6.07) is 0. The number of aliphatic hydroxyl groups is 3. The Hall–Kier alpha value is 0.354. The molecule has 0 spiro atoms. The molecule has 12 N–H and O–H groups in total. The molecule has 0 amide bonds. The maximum atomic E-state index is 7.00. The van der Waals surface area contributed by atoms with Crippen molar-refractivity contribution in [1.82, 2.24) is 16.0 Å². The summed E-state index contributed by atoms with van der Waals surface area (Å²) in [7, 11) is 3.00. The van der Waals surface area contributed by atoms with Crippen molar-refractivity contribution in [2.24, 2.45) is 17.2 Å². The van der Waals surface area contributed by atoms with E-state index in [1.165, 1.54) is 0 Å². The van der Waals surface area contributed by atoms with Gasteiger partial charge in [0.25, 0.3) is 0 Å². The molecule has 0 aromatic rings. The van der Waals surface area contributed by atoms with Crippen LogP contribution in [-0.2, 0) is 21.7 Å². The van der Waals surface area contributed by atoms with E-state index in [0.717, 1.165) is 67.0 Å². The molecule has 0 heterocycles. The van der Waals surface area contributed by atoms with Crippen molar-refractivity contribution in [3.05, 3.63) is 34.1 Å². The van der Waals surface area contributed by atoms with Gasteiger partial charge in [-0.15, -0.1) is 19.6 Å². The van der Waals surface area contributed by atoms with Gasteiger partial charge in [-0.3, -0.25) is 0 Å². The van der Waals surface area contributed by atoms with Gasteiger partial charge in [-0.05, 0) is 0 Å². The van der Waals surface area contributed by atoms with Crippen molar-refractivity contribution in [1.29, 1.82) is 0 Å². The molecule has 0 unspecified atom stereocenters. The molecule has 0 aromatic heterocycles. The van der Waals surface area contributed by atoms with Crippen molar-refractivity contribution in [3.63, 3.8) is 0 Å². The number of hydrogen-bond donors (Lipinski definition) is 9. The molecule has 0 radical (unpaired) electrons. The van der Waals surface area contributed by atoms with Crippen LogP contribution in [0.2, 0.25) is 0 Å². The first-order valence-corrected chi connectivity index (χ1v) is 10.0. The standard InChI is InChI=1S/3C4H11N2.2C3H7.3CH4O.Ti/c3*1-2-6-4-3-5;2*1-3-2;3*1-2;/h3*6H,1-5H2;3H,1-2H3;1,3H2,2H3;3*2H,1H3;/q5*-1;;;;. The van der Waals surface area contributed by atoms with Gasteiger partial charge in [0, 0.05) is 82.3 Å². The summed E-state index contributed by atoms with van der Waals surface area (Å²) in [4.78, 5) is 0. The molecule has 31 heavy (non-hydrogen) atoms. The average Bonchev–Trinajstić information content (AvgIpc) is 2.80. The number of rotatable bonds is 9. The minimum absolute atomic E-state index is 0. The number of hydrogen-bond acceptors (Lipinski definition) is 9.